The molecule has 1 aromatic carbocycles. The van der Waals surface area contributed by atoms with E-state index in [1.165, 1.54) is 0 Å². The maximum Gasteiger partial charge on any atom is 0.253 e. The molecule has 0 aromatic heterocycles. The minimum atomic E-state index is -0.646. The topological polar surface area (TPSA) is 75.4 Å². The molecule has 1 amide bonds. The molecule has 4 heteroatoms. The van der Waals surface area contributed by atoms with Crippen molar-refractivity contribution in [3.63, 3.8) is 0 Å². The molecule has 16 heavy (non-hydrogen) atoms. The number of benzene rings is 1. The summed E-state index contributed by atoms with van der Waals surface area (Å²) >= 11 is 0. The van der Waals surface area contributed by atoms with Crippen molar-refractivity contribution < 1.29 is 9.90 Å². The van der Waals surface area contributed by atoms with Crippen LogP contribution in [0.1, 0.15) is 29.8 Å². The van der Waals surface area contributed by atoms with E-state index in [-0.39, 0.29) is 12.5 Å². The molecule has 0 aliphatic carbocycles. The molecule has 0 saturated heterocycles. The third-order valence-electron chi connectivity index (χ3n) is 2.30. The molecule has 1 aromatic rings. The number of nitrogens with two attached hydrogens (primary N) is 1. The van der Waals surface area contributed by atoms with Crippen LogP contribution in [0.15, 0.2) is 18.2 Å². The Morgan fingerprint density at radius 1 is 1.50 bits per heavy atom. The Morgan fingerprint density at radius 3 is 2.69 bits per heavy atom. The van der Waals surface area contributed by atoms with Crippen molar-refractivity contribution in [2.45, 2.75) is 26.3 Å². The number of carbonyl (C=O) groups is 1. The highest BCUT2D eigenvalue weighted by Gasteiger charge is 2.21. The van der Waals surface area contributed by atoms with E-state index in [4.69, 9.17) is 10.8 Å². The normalized spacial score (nSPS) is 11.2. The van der Waals surface area contributed by atoms with E-state index in [0.29, 0.717) is 11.3 Å². The molecule has 0 radical (unpaired) electrons. The largest absolute Gasteiger partial charge is 0.398 e. The van der Waals surface area contributed by atoms with Gasteiger partial charge < -0.3 is 16.2 Å². The molecule has 0 unspecified atom stereocenters. The quantitative estimate of drug-likeness (QED) is 0.670. The van der Waals surface area contributed by atoms with E-state index in [0.717, 1.165) is 5.56 Å². The van der Waals surface area contributed by atoms with E-state index in [9.17, 15) is 4.79 Å². The van der Waals surface area contributed by atoms with Gasteiger partial charge in [0.15, 0.2) is 0 Å². The molecule has 0 spiro atoms. The predicted octanol–water partition coefficient (Wildman–Crippen LogP) is 1.08. The molecule has 4 nitrogen and oxygen atoms in total. The summed E-state index contributed by atoms with van der Waals surface area (Å²) in [5.74, 6) is -0.264. The van der Waals surface area contributed by atoms with Crippen molar-refractivity contribution in [3.05, 3.63) is 29.3 Å². The van der Waals surface area contributed by atoms with Crippen LogP contribution in [0, 0.1) is 6.92 Å². The van der Waals surface area contributed by atoms with Gasteiger partial charge in [-0.05, 0) is 32.9 Å². The van der Waals surface area contributed by atoms with Crippen molar-refractivity contribution in [2.75, 3.05) is 12.3 Å². The standard InChI is InChI=1S/C12H18N2O2/c1-8-4-5-10(13)9(6-8)11(16)14-12(2,3)7-15/h4-6,15H,7,13H2,1-3H3,(H,14,16). The number of nitrogens with one attached hydrogen (secondary N) is 1. The SMILES string of the molecule is Cc1ccc(N)c(C(=O)NC(C)(C)CO)c1. The first-order chi connectivity index (χ1) is 7.35. The third kappa shape index (κ3) is 2.97. The second kappa shape index (κ2) is 4.53. The first kappa shape index (κ1) is 12.5. The van der Waals surface area contributed by atoms with Crippen molar-refractivity contribution >= 4 is 11.6 Å². The summed E-state index contributed by atoms with van der Waals surface area (Å²) in [5, 5.41) is 11.8. The van der Waals surface area contributed by atoms with Crippen molar-refractivity contribution in [1.82, 2.24) is 5.32 Å². The molecular formula is C12H18N2O2. The van der Waals surface area contributed by atoms with Crippen LogP contribution in [0.5, 0.6) is 0 Å². The Kier molecular flexibility index (Phi) is 3.55. The van der Waals surface area contributed by atoms with Gasteiger partial charge in [0.25, 0.3) is 5.91 Å². The number of aryl methyl sites for hydroxylation is 1. The van der Waals surface area contributed by atoms with Crippen molar-refractivity contribution in [3.8, 4) is 0 Å². The molecule has 0 atom stereocenters. The van der Waals surface area contributed by atoms with Gasteiger partial charge in [0.2, 0.25) is 0 Å². The average molecular weight is 222 g/mol. The first-order valence-corrected chi connectivity index (χ1v) is 5.15. The molecule has 0 aliphatic rings. The molecule has 1 rings (SSSR count). The number of carbonyl (C=O) groups excluding carboxylic acids is 1. The summed E-state index contributed by atoms with van der Waals surface area (Å²) in [4.78, 5) is 11.9. The minimum Gasteiger partial charge on any atom is -0.398 e. The van der Waals surface area contributed by atoms with Crippen molar-refractivity contribution in [1.29, 1.82) is 0 Å². The second-order valence-electron chi connectivity index (χ2n) is 4.59. The highest BCUT2D eigenvalue weighted by molar-refractivity contribution is 5.99. The van der Waals surface area contributed by atoms with Crippen LogP contribution < -0.4 is 11.1 Å². The van der Waals surface area contributed by atoms with Crippen LogP contribution in [0.2, 0.25) is 0 Å². The fraction of sp³-hybridized carbons (Fsp3) is 0.417. The van der Waals surface area contributed by atoms with Gasteiger partial charge >= 0.3 is 0 Å². The number of aliphatic hydroxyl groups is 1. The lowest BCUT2D eigenvalue weighted by molar-refractivity contribution is 0.0870. The van der Waals surface area contributed by atoms with Gasteiger partial charge in [0, 0.05) is 5.69 Å². The van der Waals surface area contributed by atoms with E-state index >= 15 is 0 Å². The average Bonchev–Trinajstić information content (AvgIpc) is 2.21. The van der Waals surface area contributed by atoms with Gasteiger partial charge in [-0.15, -0.1) is 0 Å². The molecule has 0 heterocycles. The summed E-state index contributed by atoms with van der Waals surface area (Å²) in [6, 6.07) is 5.29. The monoisotopic (exact) mass is 222 g/mol. The lowest BCUT2D eigenvalue weighted by Crippen LogP contribution is -2.46. The number of anilines is 1. The minimum absolute atomic E-state index is 0.121. The van der Waals surface area contributed by atoms with Crippen LogP contribution in [0.4, 0.5) is 5.69 Å². The zero-order valence-electron chi connectivity index (χ0n) is 9.87. The van der Waals surface area contributed by atoms with Crippen LogP contribution in [-0.4, -0.2) is 23.2 Å². The molecule has 4 N–H and O–H groups in total. The predicted molar refractivity (Wildman–Crippen MR) is 64.2 cm³/mol. The fourth-order valence-corrected chi connectivity index (χ4v) is 1.28. The maximum absolute atomic E-state index is 11.9. The van der Waals surface area contributed by atoms with E-state index in [2.05, 4.69) is 5.32 Å². The zero-order chi connectivity index (χ0) is 12.3. The van der Waals surface area contributed by atoms with Gasteiger partial charge in [-0.25, -0.2) is 0 Å². The Labute approximate surface area is 95.5 Å². The number of nitrogen functional groups attached to an aromatic ring is 1. The molecule has 0 aliphatic heterocycles. The van der Waals surface area contributed by atoms with Crippen LogP contribution in [0.3, 0.4) is 0 Å². The summed E-state index contributed by atoms with van der Waals surface area (Å²) in [6.07, 6.45) is 0. The number of amides is 1. The van der Waals surface area contributed by atoms with Gasteiger partial charge in [-0.3, -0.25) is 4.79 Å². The van der Waals surface area contributed by atoms with Gasteiger partial charge in [-0.1, -0.05) is 11.6 Å². The third-order valence-corrected chi connectivity index (χ3v) is 2.30. The van der Waals surface area contributed by atoms with E-state index in [1.807, 2.05) is 13.0 Å². The highest BCUT2D eigenvalue weighted by Crippen LogP contribution is 2.14. The van der Waals surface area contributed by atoms with Crippen LogP contribution in [-0.2, 0) is 0 Å². The molecule has 0 bridgehead atoms. The van der Waals surface area contributed by atoms with E-state index in [1.54, 1.807) is 26.0 Å². The summed E-state index contributed by atoms with van der Waals surface area (Å²) < 4.78 is 0. The Morgan fingerprint density at radius 2 is 2.12 bits per heavy atom. The molecule has 0 fully saturated rings. The lowest BCUT2D eigenvalue weighted by atomic mass is 10.0. The summed E-state index contributed by atoms with van der Waals surface area (Å²) in [5.41, 5.74) is 6.94. The van der Waals surface area contributed by atoms with Crippen LogP contribution in [0.25, 0.3) is 0 Å². The van der Waals surface area contributed by atoms with Gasteiger partial charge in [-0.2, -0.15) is 0 Å². The number of hydrogen-bond acceptors (Lipinski definition) is 3. The summed E-state index contributed by atoms with van der Waals surface area (Å²) in [6.45, 7) is 5.27. The van der Waals surface area contributed by atoms with E-state index < -0.39 is 5.54 Å². The van der Waals surface area contributed by atoms with Crippen molar-refractivity contribution in [2.24, 2.45) is 0 Å². The highest BCUT2D eigenvalue weighted by atomic mass is 16.3. The Bertz CT molecular complexity index is 400. The zero-order valence-corrected chi connectivity index (χ0v) is 9.87. The van der Waals surface area contributed by atoms with Gasteiger partial charge in [0.05, 0.1) is 17.7 Å². The number of rotatable bonds is 3. The smallest absolute Gasteiger partial charge is 0.253 e. The second-order valence-corrected chi connectivity index (χ2v) is 4.59. The lowest BCUT2D eigenvalue weighted by Gasteiger charge is -2.23. The summed E-state index contributed by atoms with van der Waals surface area (Å²) in [7, 11) is 0. The van der Waals surface area contributed by atoms with Gasteiger partial charge in [0.1, 0.15) is 0 Å². The molecule has 88 valence electrons. The van der Waals surface area contributed by atoms with Crippen LogP contribution >= 0.6 is 0 Å². The number of aliphatic hydroxyl groups excluding tert-OH is 1. The maximum atomic E-state index is 11.9. The molecular weight excluding hydrogens is 204 g/mol. The first-order valence-electron chi connectivity index (χ1n) is 5.15. The molecule has 0 saturated carbocycles. The Hall–Kier alpha value is -1.55. The number of hydrogen-bond donors (Lipinski definition) is 3. The fourth-order valence-electron chi connectivity index (χ4n) is 1.28. The Balaban J connectivity index is 2.93.